The predicted molar refractivity (Wildman–Crippen MR) is 270 cm³/mol. The lowest BCUT2D eigenvalue weighted by Gasteiger charge is -2.28. The molecule has 2 aromatic rings. The van der Waals surface area contributed by atoms with Crippen molar-refractivity contribution in [3.63, 3.8) is 0 Å². The van der Waals surface area contributed by atoms with Crippen molar-refractivity contribution in [3.8, 4) is 0 Å². The Bertz CT molecular complexity index is 2110. The molecule has 0 aromatic heterocycles. The van der Waals surface area contributed by atoms with Crippen molar-refractivity contribution in [1.82, 2.24) is 37.2 Å². The van der Waals surface area contributed by atoms with Crippen molar-refractivity contribution in [2.75, 3.05) is 49.4 Å². The number of aliphatic hydroxyl groups excluding tert-OH is 1. The molecule has 0 saturated heterocycles. The van der Waals surface area contributed by atoms with Crippen LogP contribution in [0.15, 0.2) is 48.5 Å². The molecule has 0 bridgehead atoms. The average Bonchev–Trinajstić information content (AvgIpc) is 3.92. The Morgan fingerprint density at radius 2 is 1.21 bits per heavy atom. The third-order valence-corrected chi connectivity index (χ3v) is 13.1. The van der Waals surface area contributed by atoms with Gasteiger partial charge in [-0.1, -0.05) is 64.1 Å². The predicted octanol–water partition coefficient (Wildman–Crippen LogP) is 1.57. The first kappa shape index (κ1) is 58.5. The van der Waals surface area contributed by atoms with Crippen LogP contribution < -0.4 is 53.6 Å². The molecule has 21 heteroatoms. The summed E-state index contributed by atoms with van der Waals surface area (Å²) in [5, 5.41) is 44.1. The molecular formula is C49H76N10O10S. The van der Waals surface area contributed by atoms with Crippen molar-refractivity contribution in [1.29, 1.82) is 0 Å². The topological polar surface area (TPSA) is 311 Å². The summed E-state index contributed by atoms with van der Waals surface area (Å²) in [7, 11) is 1.73. The summed E-state index contributed by atoms with van der Waals surface area (Å²) in [6, 6.07) is 13.0. The van der Waals surface area contributed by atoms with Crippen LogP contribution in [0.5, 0.6) is 0 Å². The van der Waals surface area contributed by atoms with Crippen LogP contribution in [0.4, 0.5) is 11.4 Å². The molecule has 0 fully saturated rings. The molecular weight excluding hydrogens is 921 g/mol. The SMILES string of the molecule is CC(=O)C(CC1CNc2ccccc21)NC(=O)C(C(=O)NC(C(=O)NC(N)CO)C(C)C)C(C)C.CNC(CC1CNc2ccccc21)NC(=O)C(CCC(=O)O)NC(=O)C(C)C(=O)NC(C)CSC. The molecule has 2 heterocycles. The van der Waals surface area contributed by atoms with E-state index >= 15 is 0 Å². The van der Waals surface area contributed by atoms with Crippen LogP contribution in [0.1, 0.15) is 97.1 Å². The fraction of sp³-hybridized carbons (Fsp3) is 0.592. The van der Waals surface area contributed by atoms with Gasteiger partial charge in [-0.15, -0.1) is 0 Å². The third-order valence-electron chi connectivity index (χ3n) is 12.3. The molecule has 6 amide bonds. The molecule has 4 rings (SSSR count). The number of para-hydroxylation sites is 2. The molecule has 0 saturated carbocycles. The Balaban J connectivity index is 0.000000370. The number of aliphatic carboxylic acids is 1. The Morgan fingerprint density at radius 1 is 0.686 bits per heavy atom. The van der Waals surface area contributed by atoms with E-state index in [0.29, 0.717) is 25.1 Å². The van der Waals surface area contributed by atoms with Gasteiger partial charge in [0.15, 0.2) is 5.78 Å². The zero-order valence-electron chi connectivity index (χ0n) is 41.8. The molecule has 2 aliphatic rings. The van der Waals surface area contributed by atoms with E-state index in [0.717, 1.165) is 23.5 Å². The third kappa shape index (κ3) is 17.9. The van der Waals surface area contributed by atoms with E-state index in [1.165, 1.54) is 19.4 Å². The van der Waals surface area contributed by atoms with E-state index in [2.05, 4.69) is 53.9 Å². The molecule has 0 aliphatic carbocycles. The molecule has 2 aliphatic heterocycles. The van der Waals surface area contributed by atoms with Gasteiger partial charge in [0.05, 0.1) is 18.8 Å². The maximum Gasteiger partial charge on any atom is 0.303 e. The smallest absolute Gasteiger partial charge is 0.303 e. The zero-order valence-corrected chi connectivity index (χ0v) is 42.7. The standard InChI is InChI=1S/C25H39N5O5.C24H37N5O5S/c1-13(2)21(24(34)30-22(14(3)4)25(35)29-20(26)12-31)23(33)28-19(15(5)32)10-16-11-27-18-9-7-6-8-17(16)18;1-14(13-35-4)27-22(32)15(2)23(33)28-19(9-10-21(30)31)24(34)29-20(25-3)11-16-12-26-18-8-6-5-7-17(16)18/h6-9,13-14,16,19-22,27,31H,10-12,26H2,1-5H3,(H,28,33)(H,29,35)(H,30,34);5-8,14-16,19-20,25-26H,9-13H2,1-4H3,(H,27,32)(H,28,33)(H,29,34)(H,30,31). The number of carbonyl (C=O) groups excluding carboxylic acids is 7. The maximum absolute atomic E-state index is 13.2. The highest BCUT2D eigenvalue weighted by Crippen LogP contribution is 2.35. The number of carbonyl (C=O) groups is 8. The number of anilines is 2. The minimum Gasteiger partial charge on any atom is -0.481 e. The number of hydrogen-bond donors (Lipinski definition) is 12. The van der Waals surface area contributed by atoms with Crippen LogP contribution in [0.2, 0.25) is 0 Å². The van der Waals surface area contributed by atoms with Gasteiger partial charge in [-0.25, -0.2) is 0 Å². The number of benzene rings is 2. The number of carboxylic acids is 1. The molecule has 388 valence electrons. The Morgan fingerprint density at radius 3 is 1.71 bits per heavy atom. The minimum atomic E-state index is -1.11. The highest BCUT2D eigenvalue weighted by Gasteiger charge is 2.37. The fourth-order valence-electron chi connectivity index (χ4n) is 8.25. The second-order valence-electron chi connectivity index (χ2n) is 18.7. The summed E-state index contributed by atoms with van der Waals surface area (Å²) >= 11 is 1.58. The lowest BCUT2D eigenvalue weighted by molar-refractivity contribution is -0.141. The number of carboxylic acid groups (broad SMARTS) is 1. The van der Waals surface area contributed by atoms with Gasteiger partial charge in [-0.2, -0.15) is 11.8 Å². The normalized spacial score (nSPS) is 18.0. The van der Waals surface area contributed by atoms with Crippen LogP contribution in [0.25, 0.3) is 0 Å². The largest absolute Gasteiger partial charge is 0.481 e. The molecule has 10 atom stereocenters. The van der Waals surface area contributed by atoms with E-state index in [1.54, 1.807) is 46.5 Å². The van der Waals surface area contributed by atoms with Crippen molar-refractivity contribution < 1.29 is 48.6 Å². The van der Waals surface area contributed by atoms with E-state index < -0.39 is 90.3 Å². The van der Waals surface area contributed by atoms with E-state index in [1.807, 2.05) is 55.6 Å². The zero-order chi connectivity index (χ0) is 52.2. The lowest BCUT2D eigenvalue weighted by Crippen LogP contribution is -2.57. The molecule has 0 radical (unpaired) electrons. The van der Waals surface area contributed by atoms with Crippen LogP contribution in [0, 0.1) is 23.7 Å². The monoisotopic (exact) mass is 997 g/mol. The van der Waals surface area contributed by atoms with Crippen molar-refractivity contribution in [2.24, 2.45) is 29.4 Å². The number of thioether (sulfide) groups is 1. The van der Waals surface area contributed by atoms with Crippen molar-refractivity contribution >= 4 is 70.3 Å². The molecule has 70 heavy (non-hydrogen) atoms. The van der Waals surface area contributed by atoms with E-state index in [9.17, 15) is 38.4 Å². The van der Waals surface area contributed by atoms with Crippen LogP contribution in [0.3, 0.4) is 0 Å². The van der Waals surface area contributed by atoms with E-state index in [-0.39, 0.29) is 48.3 Å². The molecule has 0 spiro atoms. The van der Waals surface area contributed by atoms with Gasteiger partial charge in [0.1, 0.15) is 30.1 Å². The highest BCUT2D eigenvalue weighted by atomic mass is 32.2. The number of nitrogens with two attached hydrogens (primary N) is 1. The number of rotatable bonds is 26. The number of fused-ring (bicyclic) bond motifs is 2. The first-order valence-corrected chi connectivity index (χ1v) is 25.2. The summed E-state index contributed by atoms with van der Waals surface area (Å²) in [6.07, 6.45) is 1.20. The van der Waals surface area contributed by atoms with Crippen LogP contribution >= 0.6 is 11.8 Å². The Hall–Kier alpha value is -5.77. The Labute approximate surface area is 415 Å². The first-order valence-electron chi connectivity index (χ1n) is 23.8. The first-order chi connectivity index (χ1) is 33.1. The average molecular weight is 997 g/mol. The number of nitrogens with one attached hydrogen (secondary N) is 9. The number of ketones is 1. The number of Topliss-reactive ketones (excluding diaryl/α,β-unsaturated/α-hetero) is 1. The van der Waals surface area contributed by atoms with Crippen molar-refractivity contribution in [3.05, 3.63) is 59.7 Å². The molecule has 20 nitrogen and oxygen atoms in total. The van der Waals surface area contributed by atoms with Gasteiger partial charge >= 0.3 is 5.97 Å². The van der Waals surface area contributed by atoms with Gasteiger partial charge in [0.25, 0.3) is 0 Å². The molecule has 13 N–H and O–H groups in total. The second kappa shape index (κ2) is 28.8. The van der Waals surface area contributed by atoms with Gasteiger partial charge in [0, 0.05) is 54.5 Å². The Kier molecular flexibility index (Phi) is 24.1. The molecule has 2 aromatic carbocycles. The van der Waals surface area contributed by atoms with Gasteiger partial charge < -0.3 is 63.8 Å². The second-order valence-corrected chi connectivity index (χ2v) is 19.6. The summed E-state index contributed by atoms with van der Waals surface area (Å²) in [5.74, 6) is -6.42. The fourth-order valence-corrected chi connectivity index (χ4v) is 8.83. The summed E-state index contributed by atoms with van der Waals surface area (Å²) in [6.45, 7) is 12.6. The lowest BCUT2D eigenvalue weighted by atomic mass is 9.90. The van der Waals surface area contributed by atoms with Gasteiger partial charge in [-0.3, -0.25) is 38.4 Å². The number of aliphatic hydroxyl groups is 1. The van der Waals surface area contributed by atoms with Crippen LogP contribution in [-0.2, 0) is 38.4 Å². The highest BCUT2D eigenvalue weighted by molar-refractivity contribution is 7.98. The summed E-state index contributed by atoms with van der Waals surface area (Å²) in [5.41, 5.74) is 9.94. The van der Waals surface area contributed by atoms with Gasteiger partial charge in [0.2, 0.25) is 35.4 Å². The van der Waals surface area contributed by atoms with Crippen molar-refractivity contribution in [2.45, 2.75) is 122 Å². The van der Waals surface area contributed by atoms with E-state index in [4.69, 9.17) is 15.9 Å². The number of hydrogen-bond acceptors (Lipinski definition) is 14. The summed E-state index contributed by atoms with van der Waals surface area (Å²) < 4.78 is 0. The summed E-state index contributed by atoms with van der Waals surface area (Å²) in [4.78, 5) is 101. The quantitative estimate of drug-likeness (QED) is 0.0470. The maximum atomic E-state index is 13.2. The van der Waals surface area contributed by atoms with Gasteiger partial charge in [-0.05, 0) is 88.4 Å². The van der Waals surface area contributed by atoms with Crippen LogP contribution in [-0.4, -0.2) is 133 Å². The number of amides is 6. The minimum absolute atomic E-state index is 0.0523. The molecule has 10 unspecified atom stereocenters.